The highest BCUT2D eigenvalue weighted by Crippen LogP contribution is 2.24. The van der Waals surface area contributed by atoms with E-state index in [-0.39, 0.29) is 0 Å². The number of halogens is 1. The molecule has 2 N–H and O–H groups in total. The monoisotopic (exact) mass is 199 g/mol. The van der Waals surface area contributed by atoms with E-state index in [1.165, 1.54) is 7.11 Å². The van der Waals surface area contributed by atoms with Gasteiger partial charge in [0, 0.05) is 10.7 Å². The molecule has 0 radical (unpaired) electrons. The normalized spacial score (nSPS) is 9.77. The maximum absolute atomic E-state index is 11.2. The molecule has 0 saturated carbocycles. The van der Waals surface area contributed by atoms with Crippen LogP contribution in [0.4, 0.5) is 5.69 Å². The lowest BCUT2D eigenvalue weighted by Gasteiger charge is -2.08. The first kappa shape index (κ1) is 9.86. The lowest BCUT2D eigenvalue weighted by Crippen LogP contribution is -2.08. The summed E-state index contributed by atoms with van der Waals surface area (Å²) in [5.41, 5.74) is 6.98. The van der Waals surface area contributed by atoms with Crippen LogP contribution in [0.2, 0.25) is 5.02 Å². The molecule has 1 aromatic rings. The molecular weight excluding hydrogens is 190 g/mol. The summed E-state index contributed by atoms with van der Waals surface area (Å²) in [5, 5.41) is 0.509. The number of benzene rings is 1. The molecule has 3 nitrogen and oxygen atoms in total. The molecule has 0 saturated heterocycles. The van der Waals surface area contributed by atoms with E-state index in [4.69, 9.17) is 17.3 Å². The predicted octanol–water partition coefficient (Wildman–Crippen LogP) is 2.02. The van der Waals surface area contributed by atoms with Crippen molar-refractivity contribution >= 4 is 23.3 Å². The topological polar surface area (TPSA) is 52.3 Å². The average Bonchev–Trinajstić information content (AvgIpc) is 2.12. The van der Waals surface area contributed by atoms with Crippen molar-refractivity contribution < 1.29 is 9.53 Å². The van der Waals surface area contributed by atoms with Crippen LogP contribution >= 0.6 is 11.6 Å². The third kappa shape index (κ3) is 1.75. The molecule has 1 rings (SSSR count). The van der Waals surface area contributed by atoms with E-state index < -0.39 is 5.97 Å². The van der Waals surface area contributed by atoms with E-state index in [1.54, 1.807) is 19.1 Å². The van der Waals surface area contributed by atoms with Gasteiger partial charge < -0.3 is 10.5 Å². The van der Waals surface area contributed by atoms with Gasteiger partial charge in [0.1, 0.15) is 0 Å². The van der Waals surface area contributed by atoms with Crippen molar-refractivity contribution in [3.8, 4) is 0 Å². The quantitative estimate of drug-likeness (QED) is 0.556. The minimum absolute atomic E-state index is 0.343. The van der Waals surface area contributed by atoms with Crippen molar-refractivity contribution in [1.82, 2.24) is 0 Å². The molecule has 4 heteroatoms. The van der Waals surface area contributed by atoms with Gasteiger partial charge in [-0.3, -0.25) is 0 Å². The number of esters is 1. The molecule has 0 bridgehead atoms. The van der Waals surface area contributed by atoms with Gasteiger partial charge in [0.15, 0.2) is 0 Å². The Bertz CT molecular complexity index is 350. The summed E-state index contributed by atoms with van der Waals surface area (Å²) in [6, 6.07) is 3.24. The Balaban J connectivity index is 3.33. The second-order valence-corrected chi connectivity index (χ2v) is 3.04. The summed E-state index contributed by atoms with van der Waals surface area (Å²) >= 11 is 5.82. The van der Waals surface area contributed by atoms with Crippen molar-refractivity contribution in [3.63, 3.8) is 0 Å². The third-order valence-electron chi connectivity index (χ3n) is 1.82. The van der Waals surface area contributed by atoms with Crippen LogP contribution in [0.25, 0.3) is 0 Å². The number of hydrogen-bond donors (Lipinski definition) is 1. The first-order valence-electron chi connectivity index (χ1n) is 3.70. The molecule has 13 heavy (non-hydrogen) atoms. The van der Waals surface area contributed by atoms with Crippen LogP contribution < -0.4 is 5.73 Å². The van der Waals surface area contributed by atoms with Gasteiger partial charge in [0.2, 0.25) is 0 Å². The largest absolute Gasteiger partial charge is 0.465 e. The Morgan fingerprint density at radius 1 is 1.54 bits per heavy atom. The van der Waals surface area contributed by atoms with E-state index in [9.17, 15) is 4.79 Å². The Hall–Kier alpha value is -1.22. The van der Waals surface area contributed by atoms with Crippen molar-refractivity contribution in [2.45, 2.75) is 6.92 Å². The zero-order valence-corrected chi connectivity index (χ0v) is 8.18. The highest BCUT2D eigenvalue weighted by atomic mass is 35.5. The highest BCUT2D eigenvalue weighted by molar-refractivity contribution is 6.32. The summed E-state index contributed by atoms with van der Waals surface area (Å²) in [6.07, 6.45) is 0. The standard InChI is InChI=1S/C9H10ClNO2/c1-5-6(10)3-4-7(11)8(5)9(12)13-2/h3-4H,11H2,1-2H3. The Labute approximate surface area is 81.4 Å². The number of methoxy groups -OCH3 is 1. The van der Waals surface area contributed by atoms with Gasteiger partial charge in [-0.25, -0.2) is 4.79 Å². The Kier molecular flexibility index (Phi) is 2.78. The van der Waals surface area contributed by atoms with Crippen molar-refractivity contribution in [1.29, 1.82) is 0 Å². The van der Waals surface area contributed by atoms with Crippen LogP contribution in [0.5, 0.6) is 0 Å². The second-order valence-electron chi connectivity index (χ2n) is 2.63. The molecule has 0 aliphatic heterocycles. The molecular formula is C9H10ClNO2. The van der Waals surface area contributed by atoms with Gasteiger partial charge in [0.05, 0.1) is 12.7 Å². The first-order chi connectivity index (χ1) is 6.07. The zero-order valence-electron chi connectivity index (χ0n) is 7.43. The number of ether oxygens (including phenoxy) is 1. The van der Waals surface area contributed by atoms with Crippen molar-refractivity contribution in [2.24, 2.45) is 0 Å². The van der Waals surface area contributed by atoms with Crippen molar-refractivity contribution in [3.05, 3.63) is 28.3 Å². The maximum atomic E-state index is 11.2. The maximum Gasteiger partial charge on any atom is 0.340 e. The molecule has 0 atom stereocenters. The van der Waals surface area contributed by atoms with Crippen LogP contribution in [0.15, 0.2) is 12.1 Å². The lowest BCUT2D eigenvalue weighted by atomic mass is 10.1. The third-order valence-corrected chi connectivity index (χ3v) is 2.23. The van der Waals surface area contributed by atoms with E-state index in [0.29, 0.717) is 21.8 Å². The first-order valence-corrected chi connectivity index (χ1v) is 4.08. The molecule has 0 aliphatic rings. The van der Waals surface area contributed by atoms with Gasteiger partial charge in [-0.05, 0) is 24.6 Å². The Morgan fingerprint density at radius 2 is 2.15 bits per heavy atom. The summed E-state index contributed by atoms with van der Waals surface area (Å²) < 4.78 is 4.58. The minimum atomic E-state index is -0.461. The van der Waals surface area contributed by atoms with E-state index in [2.05, 4.69) is 4.74 Å². The van der Waals surface area contributed by atoms with Gasteiger partial charge in [-0.1, -0.05) is 11.6 Å². The van der Waals surface area contributed by atoms with Crippen LogP contribution in [-0.2, 0) is 4.74 Å². The average molecular weight is 200 g/mol. The number of nitrogens with two attached hydrogens (primary N) is 1. The van der Waals surface area contributed by atoms with Gasteiger partial charge >= 0.3 is 5.97 Å². The van der Waals surface area contributed by atoms with E-state index in [1.807, 2.05) is 0 Å². The SMILES string of the molecule is COC(=O)c1c(N)ccc(Cl)c1C. The molecule has 70 valence electrons. The molecule has 0 aliphatic carbocycles. The minimum Gasteiger partial charge on any atom is -0.465 e. The van der Waals surface area contributed by atoms with Gasteiger partial charge in [-0.15, -0.1) is 0 Å². The molecule has 0 unspecified atom stereocenters. The number of rotatable bonds is 1. The summed E-state index contributed by atoms with van der Waals surface area (Å²) in [5.74, 6) is -0.461. The number of carbonyl (C=O) groups excluding carboxylic acids is 1. The predicted molar refractivity (Wildman–Crippen MR) is 51.9 cm³/mol. The summed E-state index contributed by atoms with van der Waals surface area (Å²) in [7, 11) is 1.31. The van der Waals surface area contributed by atoms with Crippen LogP contribution in [0.1, 0.15) is 15.9 Å². The fourth-order valence-electron chi connectivity index (χ4n) is 1.08. The smallest absolute Gasteiger partial charge is 0.340 e. The second kappa shape index (κ2) is 3.66. The van der Waals surface area contributed by atoms with E-state index in [0.717, 1.165) is 0 Å². The number of hydrogen-bond acceptors (Lipinski definition) is 3. The van der Waals surface area contributed by atoms with Gasteiger partial charge in [-0.2, -0.15) is 0 Å². The van der Waals surface area contributed by atoms with E-state index >= 15 is 0 Å². The molecule has 1 aromatic carbocycles. The molecule has 0 heterocycles. The lowest BCUT2D eigenvalue weighted by molar-refractivity contribution is 0.0601. The highest BCUT2D eigenvalue weighted by Gasteiger charge is 2.14. The fraction of sp³-hybridized carbons (Fsp3) is 0.222. The van der Waals surface area contributed by atoms with Crippen LogP contribution in [-0.4, -0.2) is 13.1 Å². The molecule has 0 aromatic heterocycles. The summed E-state index contributed by atoms with van der Waals surface area (Å²) in [4.78, 5) is 11.2. The number of nitrogen functional groups attached to an aromatic ring is 1. The molecule has 0 spiro atoms. The fourth-order valence-corrected chi connectivity index (χ4v) is 1.24. The molecule has 0 amide bonds. The number of carbonyl (C=O) groups is 1. The van der Waals surface area contributed by atoms with Crippen LogP contribution in [0.3, 0.4) is 0 Å². The van der Waals surface area contributed by atoms with Crippen LogP contribution in [0, 0.1) is 6.92 Å². The Morgan fingerprint density at radius 3 is 2.69 bits per heavy atom. The summed E-state index contributed by atoms with van der Waals surface area (Å²) in [6.45, 7) is 1.73. The van der Waals surface area contributed by atoms with Crippen molar-refractivity contribution in [2.75, 3.05) is 12.8 Å². The molecule has 0 fully saturated rings. The zero-order chi connectivity index (χ0) is 10.0. The number of anilines is 1. The van der Waals surface area contributed by atoms with Gasteiger partial charge in [0.25, 0.3) is 0 Å².